The average molecular weight is 226 g/mol. The second kappa shape index (κ2) is 5.93. The minimum Gasteiger partial charge on any atom is -0.308 e. The highest BCUT2D eigenvalue weighted by Gasteiger charge is 2.14. The highest BCUT2D eigenvalue weighted by Crippen LogP contribution is 2.07. The molecule has 0 fully saturated rings. The van der Waals surface area contributed by atoms with Gasteiger partial charge < -0.3 is 4.90 Å². The Hall–Kier alpha value is -0.980. The van der Waals surface area contributed by atoms with Crippen molar-refractivity contribution in [1.29, 1.82) is 0 Å². The van der Waals surface area contributed by atoms with Crippen LogP contribution >= 0.6 is 0 Å². The monoisotopic (exact) mass is 226 g/mol. The van der Waals surface area contributed by atoms with E-state index in [0.29, 0.717) is 6.04 Å². The lowest BCUT2D eigenvalue weighted by atomic mass is 10.2. The zero-order valence-electron chi connectivity index (χ0n) is 10.5. The molecule has 0 saturated heterocycles. The third-order valence-corrected chi connectivity index (χ3v) is 2.39. The summed E-state index contributed by atoms with van der Waals surface area (Å²) in [4.78, 5) is 6.37. The molecular formula is C10H22N6. The van der Waals surface area contributed by atoms with E-state index < -0.39 is 0 Å². The van der Waals surface area contributed by atoms with Crippen molar-refractivity contribution in [2.75, 3.05) is 20.6 Å². The van der Waals surface area contributed by atoms with Crippen LogP contribution < -0.4 is 11.3 Å². The molecule has 1 rings (SSSR count). The van der Waals surface area contributed by atoms with Gasteiger partial charge in [-0.05, 0) is 27.9 Å². The Morgan fingerprint density at radius 2 is 2.19 bits per heavy atom. The number of rotatable bonds is 6. The predicted molar refractivity (Wildman–Crippen MR) is 63.8 cm³/mol. The maximum atomic E-state index is 5.53. The van der Waals surface area contributed by atoms with Crippen molar-refractivity contribution < 1.29 is 0 Å². The van der Waals surface area contributed by atoms with Crippen LogP contribution in [0.25, 0.3) is 0 Å². The van der Waals surface area contributed by atoms with E-state index in [1.165, 1.54) is 0 Å². The number of hydrogen-bond acceptors (Lipinski definition) is 5. The Bertz CT molecular complexity index is 306. The number of likely N-dealkylation sites (N-methyl/N-ethyl adjacent to an activating group) is 1. The highest BCUT2D eigenvalue weighted by molar-refractivity contribution is 4.91. The fourth-order valence-electron chi connectivity index (χ4n) is 1.69. The van der Waals surface area contributed by atoms with Gasteiger partial charge in [-0.1, -0.05) is 0 Å². The molecule has 3 N–H and O–H groups in total. The van der Waals surface area contributed by atoms with Gasteiger partial charge in [-0.15, -0.1) is 0 Å². The van der Waals surface area contributed by atoms with E-state index in [1.54, 1.807) is 6.33 Å². The summed E-state index contributed by atoms with van der Waals surface area (Å²) in [5, 5.41) is 4.21. The van der Waals surface area contributed by atoms with Crippen molar-refractivity contribution in [3.05, 3.63) is 12.2 Å². The average Bonchev–Trinajstić information content (AvgIpc) is 2.64. The van der Waals surface area contributed by atoms with Gasteiger partial charge in [0.1, 0.15) is 12.2 Å². The van der Waals surface area contributed by atoms with Crippen LogP contribution in [0.3, 0.4) is 0 Å². The summed E-state index contributed by atoms with van der Waals surface area (Å²) in [6.45, 7) is 5.06. The Balaban J connectivity index is 2.66. The number of aromatic nitrogens is 3. The molecule has 0 aromatic carbocycles. The van der Waals surface area contributed by atoms with Crippen LogP contribution in [-0.2, 0) is 6.42 Å². The molecule has 0 bridgehead atoms. The predicted octanol–water partition coefficient (Wildman–Crippen LogP) is -0.205. The zero-order valence-corrected chi connectivity index (χ0v) is 10.5. The van der Waals surface area contributed by atoms with Crippen LogP contribution in [0.15, 0.2) is 6.33 Å². The topological polar surface area (TPSA) is 72.0 Å². The van der Waals surface area contributed by atoms with Crippen molar-refractivity contribution in [3.63, 3.8) is 0 Å². The molecule has 6 heteroatoms. The van der Waals surface area contributed by atoms with Crippen LogP contribution in [0.1, 0.15) is 25.7 Å². The van der Waals surface area contributed by atoms with Gasteiger partial charge in [0.2, 0.25) is 0 Å². The first kappa shape index (κ1) is 13.1. The van der Waals surface area contributed by atoms with E-state index in [0.717, 1.165) is 18.8 Å². The van der Waals surface area contributed by atoms with E-state index in [-0.39, 0.29) is 6.04 Å². The number of nitrogens with zero attached hydrogens (tertiary/aromatic N) is 4. The van der Waals surface area contributed by atoms with Crippen LogP contribution in [0.2, 0.25) is 0 Å². The van der Waals surface area contributed by atoms with E-state index in [1.807, 2.05) is 18.8 Å². The lowest BCUT2D eigenvalue weighted by Gasteiger charge is -2.20. The molecule has 0 spiro atoms. The normalized spacial score (nSPS) is 13.7. The van der Waals surface area contributed by atoms with Crippen molar-refractivity contribution in [2.24, 2.45) is 5.84 Å². The summed E-state index contributed by atoms with van der Waals surface area (Å²) in [6.07, 6.45) is 2.38. The van der Waals surface area contributed by atoms with E-state index in [4.69, 9.17) is 5.84 Å². The van der Waals surface area contributed by atoms with Crippen LogP contribution in [0, 0.1) is 0 Å². The fraction of sp³-hybridized carbons (Fsp3) is 0.800. The number of nitrogens with two attached hydrogens (primary N) is 1. The Morgan fingerprint density at radius 3 is 2.69 bits per heavy atom. The van der Waals surface area contributed by atoms with E-state index >= 15 is 0 Å². The molecule has 1 unspecified atom stereocenters. The van der Waals surface area contributed by atoms with Crippen LogP contribution in [0.4, 0.5) is 0 Å². The molecule has 16 heavy (non-hydrogen) atoms. The third-order valence-electron chi connectivity index (χ3n) is 2.39. The lowest BCUT2D eigenvalue weighted by Crippen LogP contribution is -2.44. The molecule has 6 nitrogen and oxygen atoms in total. The Morgan fingerprint density at radius 1 is 1.50 bits per heavy atom. The smallest absolute Gasteiger partial charge is 0.138 e. The molecule has 92 valence electrons. The first-order chi connectivity index (χ1) is 7.54. The lowest BCUT2D eigenvalue weighted by molar-refractivity contribution is 0.331. The maximum Gasteiger partial charge on any atom is 0.138 e. The Kier molecular flexibility index (Phi) is 4.85. The molecule has 0 aliphatic heterocycles. The second-order valence-electron chi connectivity index (χ2n) is 4.54. The highest BCUT2D eigenvalue weighted by atomic mass is 15.4. The standard InChI is InChI=1S/C10H22N6/c1-8(2)16-10(12-7-13-16)5-9(14-11)6-15(3)4/h7-9,14H,5-6,11H2,1-4H3. The van der Waals surface area contributed by atoms with Gasteiger partial charge in [0.15, 0.2) is 0 Å². The molecule has 0 aliphatic carbocycles. The third kappa shape index (κ3) is 3.55. The molecule has 0 radical (unpaired) electrons. The van der Waals surface area contributed by atoms with Gasteiger partial charge >= 0.3 is 0 Å². The van der Waals surface area contributed by atoms with Crippen molar-refractivity contribution in [1.82, 2.24) is 25.1 Å². The minimum absolute atomic E-state index is 0.191. The number of nitrogens with one attached hydrogen (secondary N) is 1. The summed E-state index contributed by atoms with van der Waals surface area (Å²) >= 11 is 0. The summed E-state index contributed by atoms with van der Waals surface area (Å²) in [6, 6.07) is 0.520. The summed E-state index contributed by atoms with van der Waals surface area (Å²) in [5.41, 5.74) is 2.82. The maximum absolute atomic E-state index is 5.53. The number of hydrazine groups is 1. The van der Waals surface area contributed by atoms with Crippen LogP contribution in [-0.4, -0.2) is 46.3 Å². The van der Waals surface area contributed by atoms with Crippen molar-refractivity contribution >= 4 is 0 Å². The molecule has 1 aromatic heterocycles. The first-order valence-corrected chi connectivity index (χ1v) is 5.53. The zero-order chi connectivity index (χ0) is 12.1. The molecule has 1 aromatic rings. The van der Waals surface area contributed by atoms with Gasteiger partial charge in [0, 0.05) is 25.0 Å². The minimum atomic E-state index is 0.191. The molecule has 0 amide bonds. The summed E-state index contributed by atoms with van der Waals surface area (Å²) < 4.78 is 1.93. The molecule has 1 atom stereocenters. The van der Waals surface area contributed by atoms with Crippen molar-refractivity contribution in [2.45, 2.75) is 32.4 Å². The van der Waals surface area contributed by atoms with Gasteiger partial charge in [-0.3, -0.25) is 11.3 Å². The molecular weight excluding hydrogens is 204 g/mol. The van der Waals surface area contributed by atoms with Crippen LogP contribution in [0.5, 0.6) is 0 Å². The van der Waals surface area contributed by atoms with Gasteiger partial charge in [-0.2, -0.15) is 5.10 Å². The molecule has 0 saturated carbocycles. The number of hydrogen-bond donors (Lipinski definition) is 2. The van der Waals surface area contributed by atoms with E-state index in [2.05, 4.69) is 34.3 Å². The summed E-state index contributed by atoms with van der Waals surface area (Å²) in [5.74, 6) is 6.50. The van der Waals surface area contributed by atoms with Gasteiger partial charge in [0.25, 0.3) is 0 Å². The molecule has 0 aliphatic rings. The van der Waals surface area contributed by atoms with Gasteiger partial charge in [0.05, 0.1) is 0 Å². The largest absolute Gasteiger partial charge is 0.308 e. The first-order valence-electron chi connectivity index (χ1n) is 5.53. The quantitative estimate of drug-likeness (QED) is 0.519. The summed E-state index contributed by atoms with van der Waals surface area (Å²) in [7, 11) is 4.05. The van der Waals surface area contributed by atoms with E-state index in [9.17, 15) is 0 Å². The van der Waals surface area contributed by atoms with Gasteiger partial charge in [-0.25, -0.2) is 9.67 Å². The Labute approximate surface area is 96.8 Å². The fourth-order valence-corrected chi connectivity index (χ4v) is 1.69. The van der Waals surface area contributed by atoms with Crippen molar-refractivity contribution in [3.8, 4) is 0 Å². The second-order valence-corrected chi connectivity index (χ2v) is 4.54. The SMILES string of the molecule is CC(C)n1ncnc1CC(CN(C)C)NN. The molecule has 1 heterocycles.